The van der Waals surface area contributed by atoms with Gasteiger partial charge < -0.3 is 9.84 Å². The van der Waals surface area contributed by atoms with Crippen LogP contribution in [-0.2, 0) is 6.54 Å². The van der Waals surface area contributed by atoms with E-state index in [1.54, 1.807) is 0 Å². The van der Waals surface area contributed by atoms with Crippen LogP contribution in [0.4, 0.5) is 0 Å². The highest BCUT2D eigenvalue weighted by Crippen LogP contribution is 2.29. The van der Waals surface area contributed by atoms with Crippen LogP contribution in [0.15, 0.2) is 18.2 Å². The summed E-state index contributed by atoms with van der Waals surface area (Å²) in [7, 11) is 0. The fourth-order valence-corrected chi connectivity index (χ4v) is 2.17. The van der Waals surface area contributed by atoms with Gasteiger partial charge in [0.05, 0.1) is 12.7 Å². The van der Waals surface area contributed by atoms with E-state index >= 15 is 0 Å². The van der Waals surface area contributed by atoms with Crippen molar-refractivity contribution in [2.75, 3.05) is 19.7 Å². The number of aliphatic hydroxyl groups is 1. The maximum Gasteiger partial charge on any atom is 0.119 e. The molecule has 0 aliphatic carbocycles. The number of hydrogen-bond donors (Lipinski definition) is 1. The zero-order valence-electron chi connectivity index (χ0n) is 9.94. The largest absolute Gasteiger partial charge is 0.494 e. The van der Waals surface area contributed by atoms with Crippen LogP contribution in [0, 0.1) is 0 Å². The zero-order valence-corrected chi connectivity index (χ0v) is 9.94. The minimum absolute atomic E-state index is 0.385. The molecule has 0 bridgehead atoms. The molecule has 0 amide bonds. The number of benzene rings is 1. The van der Waals surface area contributed by atoms with Crippen molar-refractivity contribution < 1.29 is 9.84 Å². The standard InChI is InChI=1S/C13H19NO2/c1-3-14-8-10-5-6-11(16-4-2)7-12(10)13(15)9-14/h5-7,13,15H,3-4,8-9H2,1-2H3. The van der Waals surface area contributed by atoms with Gasteiger partial charge in [0.15, 0.2) is 0 Å². The van der Waals surface area contributed by atoms with Crippen molar-refractivity contribution >= 4 is 0 Å². The molecular weight excluding hydrogens is 202 g/mol. The van der Waals surface area contributed by atoms with E-state index in [1.807, 2.05) is 19.1 Å². The Morgan fingerprint density at radius 1 is 1.44 bits per heavy atom. The summed E-state index contributed by atoms with van der Waals surface area (Å²) >= 11 is 0. The summed E-state index contributed by atoms with van der Waals surface area (Å²) in [5, 5.41) is 10.1. The molecule has 0 aromatic heterocycles. The van der Waals surface area contributed by atoms with E-state index in [-0.39, 0.29) is 6.10 Å². The second-order valence-corrected chi connectivity index (χ2v) is 4.14. The number of hydrogen-bond acceptors (Lipinski definition) is 3. The molecule has 1 aromatic rings. The molecule has 0 fully saturated rings. The Balaban J connectivity index is 2.26. The first kappa shape index (κ1) is 11.4. The minimum atomic E-state index is -0.385. The Labute approximate surface area is 96.6 Å². The van der Waals surface area contributed by atoms with E-state index in [0.29, 0.717) is 6.61 Å². The Hall–Kier alpha value is -1.06. The van der Waals surface area contributed by atoms with Crippen LogP contribution in [0.25, 0.3) is 0 Å². The quantitative estimate of drug-likeness (QED) is 0.847. The van der Waals surface area contributed by atoms with Gasteiger partial charge in [0.1, 0.15) is 5.75 Å². The molecular formula is C13H19NO2. The van der Waals surface area contributed by atoms with E-state index in [9.17, 15) is 5.11 Å². The third-order valence-corrected chi connectivity index (χ3v) is 3.06. The summed E-state index contributed by atoms with van der Waals surface area (Å²) < 4.78 is 5.45. The Kier molecular flexibility index (Phi) is 3.46. The second-order valence-electron chi connectivity index (χ2n) is 4.14. The molecule has 1 aliphatic heterocycles. The summed E-state index contributed by atoms with van der Waals surface area (Å²) in [6.45, 7) is 7.37. The molecule has 1 N–H and O–H groups in total. The van der Waals surface area contributed by atoms with E-state index in [0.717, 1.165) is 30.9 Å². The summed E-state index contributed by atoms with van der Waals surface area (Å²) in [4.78, 5) is 2.24. The first-order valence-corrected chi connectivity index (χ1v) is 5.90. The molecule has 0 spiro atoms. The topological polar surface area (TPSA) is 32.7 Å². The third-order valence-electron chi connectivity index (χ3n) is 3.06. The molecule has 1 heterocycles. The highest BCUT2D eigenvalue weighted by Gasteiger charge is 2.22. The van der Waals surface area contributed by atoms with Gasteiger partial charge >= 0.3 is 0 Å². The number of nitrogens with zero attached hydrogens (tertiary/aromatic N) is 1. The molecule has 0 saturated carbocycles. The van der Waals surface area contributed by atoms with Crippen LogP contribution in [0.3, 0.4) is 0 Å². The molecule has 0 radical (unpaired) electrons. The summed E-state index contributed by atoms with van der Waals surface area (Å²) in [6.07, 6.45) is -0.385. The van der Waals surface area contributed by atoms with Crippen molar-refractivity contribution in [3.8, 4) is 5.75 Å². The minimum Gasteiger partial charge on any atom is -0.494 e. The van der Waals surface area contributed by atoms with E-state index in [4.69, 9.17) is 4.74 Å². The number of aliphatic hydroxyl groups excluding tert-OH is 1. The molecule has 1 aliphatic rings. The maximum absolute atomic E-state index is 10.1. The van der Waals surface area contributed by atoms with E-state index in [1.165, 1.54) is 5.56 Å². The fraction of sp³-hybridized carbons (Fsp3) is 0.538. The van der Waals surface area contributed by atoms with Crippen LogP contribution in [0.1, 0.15) is 31.1 Å². The average Bonchev–Trinajstić information content (AvgIpc) is 2.30. The van der Waals surface area contributed by atoms with Crippen molar-refractivity contribution in [2.24, 2.45) is 0 Å². The lowest BCUT2D eigenvalue weighted by Crippen LogP contribution is -2.33. The Morgan fingerprint density at radius 3 is 2.94 bits per heavy atom. The summed E-state index contributed by atoms with van der Waals surface area (Å²) in [6, 6.07) is 6.01. The van der Waals surface area contributed by atoms with Gasteiger partial charge in [0.25, 0.3) is 0 Å². The number of β-amino-alcohol motifs (C(OH)–C–C–N with tert-alkyl or cyclic N) is 1. The highest BCUT2D eigenvalue weighted by molar-refractivity contribution is 5.38. The molecule has 1 unspecified atom stereocenters. The molecule has 88 valence electrons. The van der Waals surface area contributed by atoms with Gasteiger partial charge in [-0.15, -0.1) is 0 Å². The lowest BCUT2D eigenvalue weighted by atomic mass is 9.97. The predicted molar refractivity (Wildman–Crippen MR) is 63.5 cm³/mol. The van der Waals surface area contributed by atoms with Gasteiger partial charge in [-0.25, -0.2) is 0 Å². The van der Waals surface area contributed by atoms with Crippen LogP contribution >= 0.6 is 0 Å². The maximum atomic E-state index is 10.1. The van der Waals surface area contributed by atoms with Crippen molar-refractivity contribution in [3.63, 3.8) is 0 Å². The van der Waals surface area contributed by atoms with Gasteiger partial charge in [-0.05, 0) is 36.7 Å². The van der Waals surface area contributed by atoms with Gasteiger partial charge in [-0.1, -0.05) is 13.0 Å². The Bertz CT molecular complexity index is 365. The molecule has 2 rings (SSSR count). The van der Waals surface area contributed by atoms with Crippen molar-refractivity contribution in [3.05, 3.63) is 29.3 Å². The normalized spacial score (nSPS) is 20.6. The molecule has 16 heavy (non-hydrogen) atoms. The molecule has 1 atom stereocenters. The van der Waals surface area contributed by atoms with Crippen LogP contribution in [0.5, 0.6) is 5.75 Å². The number of likely N-dealkylation sites (N-methyl/N-ethyl adjacent to an activating group) is 1. The van der Waals surface area contributed by atoms with E-state index in [2.05, 4.69) is 17.9 Å². The van der Waals surface area contributed by atoms with Gasteiger partial charge in [0.2, 0.25) is 0 Å². The molecule has 3 nitrogen and oxygen atoms in total. The van der Waals surface area contributed by atoms with Crippen LogP contribution in [0.2, 0.25) is 0 Å². The average molecular weight is 221 g/mol. The Morgan fingerprint density at radius 2 is 2.25 bits per heavy atom. The molecule has 3 heteroatoms. The van der Waals surface area contributed by atoms with Gasteiger partial charge in [-0.3, -0.25) is 4.90 Å². The predicted octanol–water partition coefficient (Wildman–Crippen LogP) is 1.95. The second kappa shape index (κ2) is 4.85. The highest BCUT2D eigenvalue weighted by atomic mass is 16.5. The molecule has 0 saturated heterocycles. The van der Waals surface area contributed by atoms with Crippen molar-refractivity contribution in [1.82, 2.24) is 4.90 Å². The number of rotatable bonds is 3. The SMILES string of the molecule is CCOc1ccc2c(c1)C(O)CN(CC)C2. The fourth-order valence-electron chi connectivity index (χ4n) is 2.17. The monoisotopic (exact) mass is 221 g/mol. The number of fused-ring (bicyclic) bond motifs is 1. The van der Waals surface area contributed by atoms with E-state index < -0.39 is 0 Å². The van der Waals surface area contributed by atoms with Crippen molar-refractivity contribution in [1.29, 1.82) is 0 Å². The van der Waals surface area contributed by atoms with Gasteiger partial charge in [-0.2, -0.15) is 0 Å². The summed E-state index contributed by atoms with van der Waals surface area (Å²) in [5.41, 5.74) is 2.24. The van der Waals surface area contributed by atoms with Crippen LogP contribution < -0.4 is 4.74 Å². The lowest BCUT2D eigenvalue weighted by Gasteiger charge is -2.31. The molecule has 1 aromatic carbocycles. The van der Waals surface area contributed by atoms with Crippen molar-refractivity contribution in [2.45, 2.75) is 26.5 Å². The first-order valence-electron chi connectivity index (χ1n) is 5.90. The third kappa shape index (κ3) is 2.20. The number of ether oxygens (including phenoxy) is 1. The smallest absolute Gasteiger partial charge is 0.119 e. The van der Waals surface area contributed by atoms with Gasteiger partial charge in [0, 0.05) is 13.1 Å². The summed E-state index contributed by atoms with van der Waals surface area (Å²) in [5.74, 6) is 0.852. The zero-order chi connectivity index (χ0) is 11.5. The van der Waals surface area contributed by atoms with Crippen LogP contribution in [-0.4, -0.2) is 29.7 Å². The lowest BCUT2D eigenvalue weighted by molar-refractivity contribution is 0.0954. The first-order chi connectivity index (χ1) is 7.74.